The molecule has 0 N–H and O–H groups in total. The molecule has 30 heavy (non-hydrogen) atoms. The first-order chi connectivity index (χ1) is 14.1. The van der Waals surface area contributed by atoms with Crippen LogP contribution in [0.4, 0.5) is 9.18 Å². The summed E-state index contributed by atoms with van der Waals surface area (Å²) >= 11 is 0. The average molecular weight is 414 g/mol. The van der Waals surface area contributed by atoms with E-state index in [9.17, 15) is 14.0 Å². The Morgan fingerprint density at radius 2 is 2.00 bits per heavy atom. The fourth-order valence-electron chi connectivity index (χ4n) is 3.24. The van der Waals surface area contributed by atoms with E-state index < -0.39 is 17.5 Å². The van der Waals surface area contributed by atoms with Crippen LogP contribution in [0.3, 0.4) is 0 Å². The summed E-state index contributed by atoms with van der Waals surface area (Å²) in [5.74, 6) is -0.150. The van der Waals surface area contributed by atoms with Crippen LogP contribution in [0.5, 0.6) is 0 Å². The lowest BCUT2D eigenvalue weighted by atomic mass is 10.2. The van der Waals surface area contributed by atoms with Crippen LogP contribution in [-0.2, 0) is 11.3 Å². The molecule has 8 heteroatoms. The zero-order valence-electron chi connectivity index (χ0n) is 18.0. The maximum absolute atomic E-state index is 13.9. The highest BCUT2D eigenvalue weighted by Crippen LogP contribution is 2.16. The van der Waals surface area contributed by atoms with E-state index >= 15 is 0 Å². The molecule has 3 aromatic rings. The summed E-state index contributed by atoms with van der Waals surface area (Å²) in [7, 11) is 0. The number of hydrogen-bond donors (Lipinski definition) is 0. The number of rotatable bonds is 5. The van der Waals surface area contributed by atoms with E-state index in [0.717, 1.165) is 5.56 Å². The van der Waals surface area contributed by atoms with E-state index in [1.165, 1.54) is 32.2 Å². The lowest BCUT2D eigenvalue weighted by molar-refractivity contribution is 0.0226. The molecule has 0 bridgehead atoms. The Balaban J connectivity index is 2.15. The van der Waals surface area contributed by atoms with Crippen molar-refractivity contribution in [2.75, 3.05) is 6.54 Å². The predicted molar refractivity (Wildman–Crippen MR) is 112 cm³/mol. The molecule has 1 aromatic carbocycles. The van der Waals surface area contributed by atoms with Gasteiger partial charge in [-0.05, 0) is 63.9 Å². The molecule has 0 fully saturated rings. The van der Waals surface area contributed by atoms with Crippen molar-refractivity contribution in [2.45, 2.75) is 53.2 Å². The van der Waals surface area contributed by atoms with Crippen molar-refractivity contribution in [3.63, 3.8) is 0 Å². The number of carbonyl (C=O) groups excluding carboxylic acids is 1. The fraction of sp³-hybridized carbons (Fsp3) is 0.409. The lowest BCUT2D eigenvalue weighted by Crippen LogP contribution is -2.39. The van der Waals surface area contributed by atoms with Gasteiger partial charge in [-0.3, -0.25) is 9.36 Å². The van der Waals surface area contributed by atoms with Crippen molar-refractivity contribution in [3.05, 3.63) is 64.1 Å². The average Bonchev–Trinajstić information content (AvgIpc) is 3.01. The van der Waals surface area contributed by atoms with Crippen molar-refractivity contribution >= 4 is 11.6 Å². The SMILES string of the molecule is CCCN(Cc1nn2ccc(C)c2c(=O)n1-c1cccc(F)c1)C(=O)OC(C)(C)C. The maximum Gasteiger partial charge on any atom is 0.410 e. The Labute approximate surface area is 174 Å². The Kier molecular flexibility index (Phi) is 5.96. The number of aromatic nitrogens is 3. The van der Waals surface area contributed by atoms with E-state index in [1.54, 1.807) is 39.1 Å². The van der Waals surface area contributed by atoms with Gasteiger partial charge in [0.05, 0.1) is 12.2 Å². The molecule has 0 aliphatic heterocycles. The molecule has 2 heterocycles. The summed E-state index contributed by atoms with van der Waals surface area (Å²) in [6.07, 6.45) is 1.91. The highest BCUT2D eigenvalue weighted by Gasteiger charge is 2.24. The van der Waals surface area contributed by atoms with Crippen molar-refractivity contribution in [3.8, 4) is 5.69 Å². The Hall–Kier alpha value is -3.16. The highest BCUT2D eigenvalue weighted by molar-refractivity contribution is 5.68. The number of aryl methyl sites for hydroxylation is 1. The molecule has 0 spiro atoms. The molecule has 3 rings (SSSR count). The summed E-state index contributed by atoms with van der Waals surface area (Å²) in [6, 6.07) is 7.56. The van der Waals surface area contributed by atoms with Gasteiger partial charge in [0.15, 0.2) is 5.82 Å². The highest BCUT2D eigenvalue weighted by atomic mass is 19.1. The molecule has 7 nitrogen and oxygen atoms in total. The van der Waals surface area contributed by atoms with Gasteiger partial charge in [-0.2, -0.15) is 5.10 Å². The monoisotopic (exact) mass is 414 g/mol. The van der Waals surface area contributed by atoms with Gasteiger partial charge >= 0.3 is 6.09 Å². The minimum Gasteiger partial charge on any atom is -0.444 e. The number of fused-ring (bicyclic) bond motifs is 1. The van der Waals surface area contributed by atoms with Crippen molar-refractivity contribution in [2.24, 2.45) is 0 Å². The number of halogens is 1. The van der Waals surface area contributed by atoms with E-state index in [0.29, 0.717) is 30.0 Å². The van der Waals surface area contributed by atoms with Gasteiger partial charge in [0, 0.05) is 12.7 Å². The van der Waals surface area contributed by atoms with Crippen LogP contribution in [0.1, 0.15) is 45.5 Å². The van der Waals surface area contributed by atoms with E-state index in [1.807, 2.05) is 13.8 Å². The first-order valence-corrected chi connectivity index (χ1v) is 9.94. The molecule has 0 saturated heterocycles. The van der Waals surface area contributed by atoms with Crippen molar-refractivity contribution < 1.29 is 13.9 Å². The third kappa shape index (κ3) is 4.53. The van der Waals surface area contributed by atoms with Gasteiger partial charge in [-0.1, -0.05) is 13.0 Å². The molecular formula is C22H27FN4O3. The largest absolute Gasteiger partial charge is 0.444 e. The van der Waals surface area contributed by atoms with Crippen molar-refractivity contribution in [1.29, 1.82) is 0 Å². The Morgan fingerprint density at radius 1 is 1.27 bits per heavy atom. The maximum atomic E-state index is 13.9. The second-order valence-corrected chi connectivity index (χ2v) is 8.23. The third-order valence-electron chi connectivity index (χ3n) is 4.50. The number of nitrogens with zero attached hydrogens (tertiary/aromatic N) is 4. The Bertz CT molecular complexity index is 1130. The molecular weight excluding hydrogens is 387 g/mol. The van der Waals surface area contributed by atoms with Crippen LogP contribution in [0.15, 0.2) is 41.3 Å². The number of amides is 1. The molecule has 0 atom stereocenters. The number of hydrogen-bond acceptors (Lipinski definition) is 4. The van der Waals surface area contributed by atoms with E-state index in [2.05, 4.69) is 5.10 Å². The van der Waals surface area contributed by atoms with Gasteiger partial charge in [0.2, 0.25) is 0 Å². The molecule has 0 aliphatic rings. The third-order valence-corrected chi connectivity index (χ3v) is 4.50. The number of ether oxygens (including phenoxy) is 1. The fourth-order valence-corrected chi connectivity index (χ4v) is 3.24. The van der Waals surface area contributed by atoms with Crippen LogP contribution >= 0.6 is 0 Å². The topological polar surface area (TPSA) is 68.8 Å². The van der Waals surface area contributed by atoms with Gasteiger partial charge in [0.1, 0.15) is 16.9 Å². The number of benzene rings is 1. The van der Waals surface area contributed by atoms with E-state index in [4.69, 9.17) is 4.74 Å². The number of carbonyl (C=O) groups is 1. The normalized spacial score (nSPS) is 11.7. The molecule has 160 valence electrons. The molecule has 2 aromatic heterocycles. The summed E-state index contributed by atoms with van der Waals surface area (Å²) in [5, 5.41) is 4.57. The van der Waals surface area contributed by atoms with Gasteiger partial charge in [-0.25, -0.2) is 13.7 Å². The molecule has 1 amide bonds. The summed E-state index contributed by atoms with van der Waals surface area (Å²) < 4.78 is 22.3. The van der Waals surface area contributed by atoms with Crippen LogP contribution < -0.4 is 5.56 Å². The molecule has 0 unspecified atom stereocenters. The first kappa shape index (κ1) is 21.5. The smallest absolute Gasteiger partial charge is 0.410 e. The summed E-state index contributed by atoms with van der Waals surface area (Å²) in [6.45, 7) is 9.62. The van der Waals surface area contributed by atoms with Crippen LogP contribution in [0.25, 0.3) is 11.2 Å². The first-order valence-electron chi connectivity index (χ1n) is 9.94. The zero-order valence-corrected chi connectivity index (χ0v) is 18.0. The molecule has 0 radical (unpaired) electrons. The summed E-state index contributed by atoms with van der Waals surface area (Å²) in [5.41, 5.74) is 0.546. The summed E-state index contributed by atoms with van der Waals surface area (Å²) in [4.78, 5) is 27.6. The van der Waals surface area contributed by atoms with E-state index in [-0.39, 0.29) is 12.1 Å². The quantitative estimate of drug-likeness (QED) is 0.631. The van der Waals surface area contributed by atoms with Crippen LogP contribution in [0, 0.1) is 12.7 Å². The minimum atomic E-state index is -0.653. The van der Waals surface area contributed by atoms with Gasteiger partial charge in [-0.15, -0.1) is 0 Å². The van der Waals surface area contributed by atoms with Gasteiger partial charge < -0.3 is 9.64 Å². The molecule has 0 saturated carbocycles. The van der Waals surface area contributed by atoms with Crippen molar-refractivity contribution in [1.82, 2.24) is 19.1 Å². The molecule has 0 aliphatic carbocycles. The Morgan fingerprint density at radius 3 is 2.63 bits per heavy atom. The van der Waals surface area contributed by atoms with Crippen LogP contribution in [0.2, 0.25) is 0 Å². The van der Waals surface area contributed by atoms with Crippen LogP contribution in [-0.4, -0.2) is 37.3 Å². The van der Waals surface area contributed by atoms with Gasteiger partial charge in [0.25, 0.3) is 5.56 Å². The minimum absolute atomic E-state index is 0.0433. The second kappa shape index (κ2) is 8.30. The predicted octanol–water partition coefficient (Wildman–Crippen LogP) is 4.08. The zero-order chi connectivity index (χ0) is 22.1. The standard InChI is InChI=1S/C22H27FN4O3/c1-6-11-25(21(29)30-22(3,4)5)14-18-24-26-12-10-15(2)19(26)20(28)27(18)17-9-7-8-16(23)13-17/h7-10,12-13H,6,11,14H2,1-5H3. The lowest BCUT2D eigenvalue weighted by Gasteiger charge is -2.27. The second-order valence-electron chi connectivity index (χ2n) is 8.23.